The Morgan fingerprint density at radius 2 is 0.615 bits per heavy atom. The third-order valence-electron chi connectivity index (χ3n) is 21.2. The van der Waals surface area contributed by atoms with E-state index in [1.807, 2.05) is 52.8 Å². The molecule has 0 atom stereocenters. The monoisotopic (exact) mass is 1660 g/mol. The van der Waals surface area contributed by atoms with E-state index in [0.29, 0.717) is 54.1 Å². The highest BCUT2D eigenvalue weighted by molar-refractivity contribution is 7.12. The van der Waals surface area contributed by atoms with Crippen molar-refractivity contribution < 1.29 is 13.3 Å². The molecule has 0 unspecified atom stereocenters. The zero-order chi connectivity index (χ0) is 92.5. The van der Waals surface area contributed by atoms with Crippen LogP contribution in [0.2, 0.25) is 0 Å². The van der Waals surface area contributed by atoms with Crippen LogP contribution >= 0.6 is 34.0 Å². The maximum Gasteiger partial charge on any atom is 0.109 e. The number of thiophene rings is 3. The lowest BCUT2D eigenvalue weighted by molar-refractivity contribution is 0.344. The summed E-state index contributed by atoms with van der Waals surface area (Å²) >= 11 is 5.65. The minimum absolute atomic E-state index is 0.115. The second kappa shape index (κ2) is 39.9. The fourth-order valence-corrected chi connectivity index (χ4v) is 16.2. The van der Waals surface area contributed by atoms with Crippen LogP contribution in [0.25, 0.3) is 0 Å². The van der Waals surface area contributed by atoms with Gasteiger partial charge >= 0.3 is 0 Å². The predicted octanol–water partition coefficient (Wildman–Crippen LogP) is 37.7. The molecule has 6 aromatic heterocycles. The average Bonchev–Trinajstić information content (AvgIpc) is 1.68. The lowest BCUT2D eigenvalue weighted by Crippen LogP contribution is -2.19. The van der Waals surface area contributed by atoms with Crippen molar-refractivity contribution >= 4 is 34.0 Å². The predicted molar refractivity (Wildman–Crippen MR) is 533 cm³/mol. The van der Waals surface area contributed by atoms with Crippen LogP contribution in [0, 0.1) is 32.5 Å². The molecule has 3 aliphatic carbocycles. The van der Waals surface area contributed by atoms with Gasteiger partial charge in [-0.2, -0.15) is 11.3 Å². The Labute approximate surface area is 739 Å². The summed E-state index contributed by atoms with van der Waals surface area (Å²) < 4.78 is 16.7. The standard InChI is InChI=1S/3C13H22.3C12H20O.3C12H20S/c2*1-12(2,3)10-7-8-11(9-10)13(4,5)6;1-12(2,3)10-8-7-9-11(10)13(4,5)6;1-11(2,3)9-7-13-8-10(9)12(4,5)6;1-11(2,3)9-7-10(13-8-9)12(4,5)6;1-11(2,3)9-7-8-10(13-9)12(4,5)6;1-11(2,3)9-7-13-8-10(9)12(4,5)6;1-11(2,3)9-7-10(13-8-9)12(4,5)6;1-11(2,3)9-7-8-10(13-9)12(4,5)6/h7,9H,8H2,1-6H3;7-8H,9H2,1-6H3;8-9H,7H2,1-6H3;6*7-8H,1-6H3. The molecule has 3 aliphatic rings. The summed E-state index contributed by atoms with van der Waals surface area (Å²) in [7, 11) is 0. The largest absolute Gasteiger partial charge is 0.472 e. The van der Waals surface area contributed by atoms with Crippen LogP contribution < -0.4 is 0 Å². The van der Waals surface area contributed by atoms with E-state index in [9.17, 15) is 0 Å². The van der Waals surface area contributed by atoms with Gasteiger partial charge in [-0.3, -0.25) is 0 Å². The van der Waals surface area contributed by atoms with Crippen LogP contribution in [-0.4, -0.2) is 0 Å². The van der Waals surface area contributed by atoms with Crippen LogP contribution in [0.4, 0.5) is 0 Å². The first-order valence-electron chi connectivity index (χ1n) is 44.2. The number of hydrogen-bond donors (Lipinski definition) is 0. The van der Waals surface area contributed by atoms with Gasteiger partial charge < -0.3 is 13.3 Å². The summed E-state index contributed by atoms with van der Waals surface area (Å²) in [5.41, 5.74) is 22.2. The lowest BCUT2D eigenvalue weighted by Gasteiger charge is -2.31. The molecule has 0 saturated carbocycles. The zero-order valence-electron chi connectivity index (χ0n) is 87.0. The summed E-state index contributed by atoms with van der Waals surface area (Å²) in [5.74, 6) is 3.20. The van der Waals surface area contributed by atoms with Gasteiger partial charge in [-0.15, -0.1) is 22.7 Å². The Morgan fingerprint density at radius 1 is 0.274 bits per heavy atom. The van der Waals surface area contributed by atoms with E-state index >= 15 is 0 Å². The van der Waals surface area contributed by atoms with Gasteiger partial charge in [0.1, 0.15) is 17.3 Å². The van der Waals surface area contributed by atoms with E-state index < -0.39 is 0 Å². The van der Waals surface area contributed by atoms with E-state index in [0.717, 1.165) is 30.1 Å². The fraction of sp³-hybridized carbons (Fsp3) is 0.676. The summed E-state index contributed by atoms with van der Waals surface area (Å²) in [6.45, 7) is 122. The maximum absolute atomic E-state index is 5.81. The molecule has 0 spiro atoms. The minimum Gasteiger partial charge on any atom is -0.472 e. The van der Waals surface area contributed by atoms with Crippen LogP contribution in [0.5, 0.6) is 0 Å². The topological polar surface area (TPSA) is 39.4 Å². The molecule has 0 amide bonds. The third-order valence-corrected chi connectivity index (χ3v) is 25.2. The second-order valence-corrected chi connectivity index (χ2v) is 54.9. The van der Waals surface area contributed by atoms with Gasteiger partial charge in [0.2, 0.25) is 0 Å². The van der Waals surface area contributed by atoms with Crippen molar-refractivity contribution in [1.82, 2.24) is 0 Å². The Bertz CT molecular complexity index is 3640. The molecule has 0 saturated heterocycles. The normalized spacial score (nSPS) is 15.1. The van der Waals surface area contributed by atoms with E-state index in [-0.39, 0.29) is 43.3 Å². The van der Waals surface area contributed by atoms with Gasteiger partial charge in [0.25, 0.3) is 0 Å². The van der Waals surface area contributed by atoms with Crippen molar-refractivity contribution in [3.8, 4) is 0 Å². The number of furan rings is 3. The summed E-state index contributed by atoms with van der Waals surface area (Å²) in [6.07, 6.45) is 23.2. The van der Waals surface area contributed by atoms with E-state index in [1.165, 1.54) is 60.0 Å². The molecule has 6 aromatic rings. The quantitative estimate of drug-likeness (QED) is 0.152. The van der Waals surface area contributed by atoms with E-state index in [4.69, 9.17) is 13.3 Å². The second-order valence-electron chi connectivity index (χ2n) is 52.2. The smallest absolute Gasteiger partial charge is 0.109 e. The van der Waals surface area contributed by atoms with Crippen LogP contribution in [0.3, 0.4) is 0 Å². The molecule has 0 aliphatic heterocycles. The fourth-order valence-electron chi connectivity index (χ4n) is 12.5. The summed E-state index contributed by atoms with van der Waals surface area (Å²) in [5, 5.41) is 6.88. The minimum atomic E-state index is 0.115. The molecular weight excluding hydrogens is 1480 g/mol. The Hall–Kier alpha value is -4.62. The van der Waals surface area contributed by atoms with Crippen molar-refractivity contribution in [1.29, 1.82) is 0 Å². The molecule has 0 N–H and O–H groups in total. The molecule has 6 heterocycles. The summed E-state index contributed by atoms with van der Waals surface area (Å²) in [4.78, 5) is 4.45. The Morgan fingerprint density at radius 3 is 0.821 bits per heavy atom. The Kier molecular flexibility index (Phi) is 37.7. The number of allylic oxidation sites excluding steroid dienone is 12. The van der Waals surface area contributed by atoms with Crippen molar-refractivity contribution in [2.45, 2.75) is 458 Å². The number of rotatable bonds is 0. The van der Waals surface area contributed by atoms with Crippen LogP contribution in [0.1, 0.15) is 458 Å². The van der Waals surface area contributed by atoms with Gasteiger partial charge in [-0.1, -0.05) is 427 Å². The van der Waals surface area contributed by atoms with Crippen LogP contribution in [0.15, 0.2) is 154 Å². The maximum atomic E-state index is 5.81. The first-order chi connectivity index (χ1) is 51.4. The highest BCUT2D eigenvalue weighted by Crippen LogP contribution is 2.46. The molecule has 0 bridgehead atoms. The van der Waals surface area contributed by atoms with Gasteiger partial charge in [-0.05, 0) is 203 Å². The van der Waals surface area contributed by atoms with Gasteiger partial charge in [0, 0.05) is 30.9 Å². The van der Waals surface area contributed by atoms with Crippen molar-refractivity contribution in [2.75, 3.05) is 0 Å². The molecule has 117 heavy (non-hydrogen) atoms. The van der Waals surface area contributed by atoms with Gasteiger partial charge in [-0.25, -0.2) is 0 Å². The molecule has 6 heteroatoms. The highest BCUT2D eigenvalue weighted by atomic mass is 32.1. The molecule has 0 aromatic carbocycles. The first-order valence-corrected chi connectivity index (χ1v) is 46.9. The first kappa shape index (κ1) is 110. The number of hydrogen-bond acceptors (Lipinski definition) is 6. The van der Waals surface area contributed by atoms with Crippen LogP contribution in [-0.2, 0) is 65.0 Å². The van der Waals surface area contributed by atoms with E-state index in [2.05, 4.69) is 463 Å². The van der Waals surface area contributed by atoms with Crippen molar-refractivity contribution in [2.24, 2.45) is 32.5 Å². The third kappa shape index (κ3) is 38.0. The molecule has 0 fully saturated rings. The lowest BCUT2D eigenvalue weighted by atomic mass is 9.74. The molecular formula is C111H186O3S3. The zero-order valence-corrected chi connectivity index (χ0v) is 89.4. The van der Waals surface area contributed by atoms with Gasteiger partial charge in [0.05, 0.1) is 18.8 Å². The summed E-state index contributed by atoms with van der Waals surface area (Å²) in [6, 6.07) is 13.2. The SMILES string of the molecule is CC(C)(C)C1=CC=C(C(C)(C)C)C1.CC(C)(C)C1=CCC(C(C)(C)C)=C1.CC(C)(C)C1=CCC=C1C(C)(C)C.CC(C)(C)c1ccc(C(C)(C)C)o1.CC(C)(C)c1ccc(C(C)(C)C)s1.CC(C)(C)c1coc(C(C)(C)C)c1.CC(C)(C)c1cocc1C(C)(C)C.CC(C)(C)c1csc(C(C)(C)C)c1.CC(C)(C)c1cscc1C(C)(C)C. The van der Waals surface area contributed by atoms with E-state index in [1.54, 1.807) is 27.9 Å². The van der Waals surface area contributed by atoms with Crippen molar-refractivity contribution in [3.63, 3.8) is 0 Å². The molecule has 9 rings (SSSR count). The highest BCUT2D eigenvalue weighted by Gasteiger charge is 2.34. The average molecular weight is 1660 g/mol. The van der Waals surface area contributed by atoms with Crippen molar-refractivity contribution in [3.05, 3.63) is 207 Å². The molecule has 0 radical (unpaired) electrons. The molecule has 666 valence electrons. The van der Waals surface area contributed by atoms with Gasteiger partial charge in [0.15, 0.2) is 0 Å². The Balaban J connectivity index is 0.000000658. The molecule has 3 nitrogen and oxygen atoms in total.